The van der Waals surface area contributed by atoms with Crippen molar-refractivity contribution in [2.24, 2.45) is 0 Å². The number of benzene rings is 3. The molecule has 0 amide bonds. The molecule has 1 atom stereocenters. The summed E-state index contributed by atoms with van der Waals surface area (Å²) in [6.07, 6.45) is 0.883. The fraction of sp³-hybridized carbons (Fsp3) is 0.289. The molecular formula is C38H38N2O3. The maximum absolute atomic E-state index is 13.1. The molecule has 0 aliphatic heterocycles. The van der Waals surface area contributed by atoms with Crippen LogP contribution in [0.25, 0.3) is 44.9 Å². The van der Waals surface area contributed by atoms with Crippen molar-refractivity contribution in [2.45, 2.75) is 71.9 Å². The molecule has 218 valence electrons. The number of aromatic nitrogens is 2. The summed E-state index contributed by atoms with van der Waals surface area (Å²) in [6, 6.07) is 24.9. The highest BCUT2D eigenvalue weighted by Gasteiger charge is 2.33. The number of aryl methyl sites for hydroxylation is 1. The highest BCUT2D eigenvalue weighted by Crippen LogP contribution is 2.40. The quantitative estimate of drug-likeness (QED) is 0.216. The zero-order chi connectivity index (χ0) is 30.4. The zero-order valence-electron chi connectivity index (χ0n) is 25.9. The predicted octanol–water partition coefficient (Wildman–Crippen LogP) is 9.26. The molecule has 6 aromatic rings. The number of aliphatic hydroxyl groups is 1. The van der Waals surface area contributed by atoms with Gasteiger partial charge >= 0.3 is 0 Å². The van der Waals surface area contributed by atoms with Gasteiger partial charge in [-0.3, -0.25) is 9.36 Å². The standard InChI is InChI=1S/C38H38N2O3/c1-8-39-24(19-29-35(41)25-11-9-10-12-26(25)36(29)42)20-33-32(39)21-34(43-33)40-30-15-13-22(37(2,3)4)17-27(30)28-18-23(38(5,6)7)14-16-31(28)40/h9-21,35,41H,8H2,1-7H3/b29-19-. The van der Waals surface area contributed by atoms with Gasteiger partial charge in [-0.25, -0.2) is 0 Å². The molecule has 1 aliphatic carbocycles. The van der Waals surface area contributed by atoms with E-state index in [2.05, 4.69) is 100 Å². The minimum Gasteiger partial charge on any atom is -0.438 e. The van der Waals surface area contributed by atoms with E-state index in [9.17, 15) is 9.90 Å². The average Bonchev–Trinajstić information content (AvgIpc) is 3.66. The lowest BCUT2D eigenvalue weighted by molar-refractivity contribution is 0.102. The lowest BCUT2D eigenvalue weighted by Gasteiger charge is -2.19. The summed E-state index contributed by atoms with van der Waals surface area (Å²) in [6.45, 7) is 16.3. The van der Waals surface area contributed by atoms with Gasteiger partial charge in [0.15, 0.2) is 11.4 Å². The zero-order valence-corrected chi connectivity index (χ0v) is 25.9. The monoisotopic (exact) mass is 570 g/mol. The number of Topliss-reactive ketones (excluding diaryl/α,β-unsaturated/α-hetero) is 1. The summed E-state index contributed by atoms with van der Waals surface area (Å²) < 4.78 is 11.0. The number of rotatable bonds is 3. The minimum atomic E-state index is -0.931. The summed E-state index contributed by atoms with van der Waals surface area (Å²) in [4.78, 5) is 13.1. The van der Waals surface area contributed by atoms with Gasteiger partial charge in [0, 0.05) is 46.3 Å². The second kappa shape index (κ2) is 9.32. The number of fused-ring (bicyclic) bond motifs is 5. The summed E-state index contributed by atoms with van der Waals surface area (Å²) >= 11 is 0. The Balaban J connectivity index is 1.40. The molecule has 1 unspecified atom stereocenters. The van der Waals surface area contributed by atoms with Crippen LogP contribution in [0.2, 0.25) is 0 Å². The topological polar surface area (TPSA) is 60.3 Å². The fourth-order valence-electron chi connectivity index (χ4n) is 6.52. The Morgan fingerprint density at radius 1 is 0.814 bits per heavy atom. The summed E-state index contributed by atoms with van der Waals surface area (Å²) in [5.74, 6) is 0.626. The molecule has 3 aromatic heterocycles. The lowest BCUT2D eigenvalue weighted by atomic mass is 9.85. The summed E-state index contributed by atoms with van der Waals surface area (Å²) in [7, 11) is 0. The molecule has 1 N–H and O–H groups in total. The van der Waals surface area contributed by atoms with E-state index in [-0.39, 0.29) is 16.6 Å². The SMILES string of the molecule is CCn1c(/C=C2\C(=O)c3ccccc3C2O)cc2oc(-n3c4ccc(C(C)(C)C)cc4c4cc(C(C)(C)C)ccc43)cc21. The second-order valence-electron chi connectivity index (χ2n) is 13.9. The van der Waals surface area contributed by atoms with Gasteiger partial charge in [0.25, 0.3) is 0 Å². The van der Waals surface area contributed by atoms with Crippen LogP contribution in [0, 0.1) is 0 Å². The molecule has 1 aliphatic rings. The number of ketones is 1. The van der Waals surface area contributed by atoms with E-state index < -0.39 is 6.10 Å². The van der Waals surface area contributed by atoms with E-state index in [1.165, 1.54) is 21.9 Å². The smallest absolute Gasteiger partial charge is 0.207 e. The largest absolute Gasteiger partial charge is 0.438 e. The molecule has 3 heterocycles. The van der Waals surface area contributed by atoms with Crippen molar-refractivity contribution in [2.75, 3.05) is 0 Å². The molecule has 5 heteroatoms. The van der Waals surface area contributed by atoms with Crippen molar-refractivity contribution in [1.29, 1.82) is 0 Å². The molecule has 0 spiro atoms. The minimum absolute atomic E-state index is 0.0308. The third kappa shape index (κ3) is 4.21. The fourth-order valence-corrected chi connectivity index (χ4v) is 6.52. The van der Waals surface area contributed by atoms with Gasteiger partial charge in [-0.15, -0.1) is 0 Å². The van der Waals surface area contributed by atoms with Crippen LogP contribution in [0.15, 0.2) is 82.8 Å². The first-order valence-corrected chi connectivity index (χ1v) is 15.1. The van der Waals surface area contributed by atoms with Gasteiger partial charge < -0.3 is 14.1 Å². The molecule has 0 saturated heterocycles. The van der Waals surface area contributed by atoms with Crippen LogP contribution < -0.4 is 0 Å². The highest BCUT2D eigenvalue weighted by molar-refractivity contribution is 6.16. The van der Waals surface area contributed by atoms with Crippen molar-refractivity contribution in [3.8, 4) is 5.88 Å². The highest BCUT2D eigenvalue weighted by atomic mass is 16.4. The van der Waals surface area contributed by atoms with E-state index >= 15 is 0 Å². The van der Waals surface area contributed by atoms with Crippen molar-refractivity contribution in [3.05, 3.63) is 106 Å². The number of carbonyl (C=O) groups is 1. The van der Waals surface area contributed by atoms with E-state index in [1.54, 1.807) is 6.07 Å². The Morgan fingerprint density at radius 3 is 1.98 bits per heavy atom. The Hall–Kier alpha value is -4.35. The maximum Gasteiger partial charge on any atom is 0.207 e. The number of carbonyl (C=O) groups excluding carboxylic acids is 1. The normalized spacial score (nSPS) is 16.8. The van der Waals surface area contributed by atoms with Gasteiger partial charge in [0.2, 0.25) is 5.88 Å². The van der Waals surface area contributed by atoms with Crippen LogP contribution in [0.1, 0.15) is 87.3 Å². The van der Waals surface area contributed by atoms with Crippen molar-refractivity contribution >= 4 is 44.8 Å². The van der Waals surface area contributed by atoms with Crippen molar-refractivity contribution in [3.63, 3.8) is 0 Å². The number of furan rings is 1. The van der Waals surface area contributed by atoms with Gasteiger partial charge in [-0.2, -0.15) is 0 Å². The van der Waals surface area contributed by atoms with Crippen LogP contribution in [0.5, 0.6) is 0 Å². The second-order valence-corrected chi connectivity index (χ2v) is 13.9. The first-order valence-electron chi connectivity index (χ1n) is 15.1. The summed E-state index contributed by atoms with van der Waals surface area (Å²) in [5, 5.41) is 13.4. The molecule has 3 aromatic carbocycles. The van der Waals surface area contributed by atoms with Gasteiger partial charge in [0.1, 0.15) is 6.10 Å². The average molecular weight is 571 g/mol. The van der Waals surface area contributed by atoms with Crippen LogP contribution >= 0.6 is 0 Å². The van der Waals surface area contributed by atoms with E-state index in [1.807, 2.05) is 30.3 Å². The summed E-state index contributed by atoms with van der Waals surface area (Å²) in [5.41, 5.74) is 9.02. The molecule has 43 heavy (non-hydrogen) atoms. The third-order valence-corrected chi connectivity index (χ3v) is 9.00. The van der Waals surface area contributed by atoms with Crippen LogP contribution in [-0.4, -0.2) is 20.0 Å². The molecule has 5 nitrogen and oxygen atoms in total. The number of hydrogen-bond donors (Lipinski definition) is 1. The maximum atomic E-state index is 13.1. The first-order chi connectivity index (χ1) is 20.4. The Bertz CT molecular complexity index is 2050. The third-order valence-electron chi connectivity index (χ3n) is 9.00. The number of hydrogen-bond acceptors (Lipinski definition) is 3. The van der Waals surface area contributed by atoms with Gasteiger partial charge in [-0.05, 0) is 64.8 Å². The van der Waals surface area contributed by atoms with Crippen LogP contribution in [0.4, 0.5) is 0 Å². The molecular weight excluding hydrogens is 532 g/mol. The van der Waals surface area contributed by atoms with Crippen LogP contribution in [0.3, 0.4) is 0 Å². The van der Waals surface area contributed by atoms with E-state index in [0.717, 1.165) is 33.7 Å². The molecule has 0 radical (unpaired) electrons. The van der Waals surface area contributed by atoms with Crippen molar-refractivity contribution in [1.82, 2.24) is 9.13 Å². The first kappa shape index (κ1) is 27.5. The molecule has 0 bridgehead atoms. The van der Waals surface area contributed by atoms with E-state index in [0.29, 0.717) is 23.2 Å². The Morgan fingerprint density at radius 2 is 1.42 bits per heavy atom. The number of aliphatic hydroxyl groups excluding tert-OH is 1. The van der Waals surface area contributed by atoms with Crippen molar-refractivity contribution < 1.29 is 14.3 Å². The van der Waals surface area contributed by atoms with Gasteiger partial charge in [0.05, 0.1) is 16.6 Å². The predicted molar refractivity (Wildman–Crippen MR) is 175 cm³/mol. The Kier molecular flexibility index (Phi) is 5.96. The molecule has 7 rings (SSSR count). The van der Waals surface area contributed by atoms with E-state index in [4.69, 9.17) is 4.42 Å². The molecule has 0 fully saturated rings. The van der Waals surface area contributed by atoms with Gasteiger partial charge in [-0.1, -0.05) is 77.9 Å². The number of nitrogens with zero attached hydrogens (tertiary/aromatic N) is 2. The Labute approximate surface area is 252 Å². The van der Waals surface area contributed by atoms with Crippen LogP contribution in [-0.2, 0) is 17.4 Å². The molecule has 0 saturated carbocycles. The lowest BCUT2D eigenvalue weighted by Crippen LogP contribution is -2.10.